The van der Waals surface area contributed by atoms with Gasteiger partial charge in [0.2, 0.25) is 0 Å². The smallest absolute Gasteiger partial charge is 0.317 e. The van der Waals surface area contributed by atoms with Gasteiger partial charge in [-0.1, -0.05) is 18.0 Å². The zero-order valence-electron chi connectivity index (χ0n) is 19.2. The lowest BCUT2D eigenvalue weighted by molar-refractivity contribution is -0.137. The van der Waals surface area contributed by atoms with Crippen molar-refractivity contribution in [3.8, 4) is 0 Å². The normalized spacial score (nSPS) is 17.9. The van der Waals surface area contributed by atoms with Gasteiger partial charge in [0.1, 0.15) is 23.1 Å². The summed E-state index contributed by atoms with van der Waals surface area (Å²) in [5.74, 6) is 0.0693. The highest BCUT2D eigenvalue weighted by atomic mass is 35.5. The molecule has 2 atom stereocenters. The summed E-state index contributed by atoms with van der Waals surface area (Å²) in [5, 5.41) is 3.62. The van der Waals surface area contributed by atoms with Crippen LogP contribution in [0.2, 0.25) is 5.15 Å². The Labute approximate surface area is 211 Å². The third-order valence-electron chi connectivity index (χ3n) is 5.65. The van der Waals surface area contributed by atoms with E-state index in [0.717, 1.165) is 53.9 Å². The van der Waals surface area contributed by atoms with E-state index < -0.39 is 17.6 Å². The molecule has 0 aliphatic heterocycles. The lowest BCUT2D eigenvalue weighted by Gasteiger charge is -2.29. The van der Waals surface area contributed by atoms with Crippen LogP contribution >= 0.6 is 23.5 Å². The molecule has 188 valence electrons. The van der Waals surface area contributed by atoms with Crippen LogP contribution in [0.4, 0.5) is 23.4 Å². The van der Waals surface area contributed by atoms with Crippen molar-refractivity contribution in [2.75, 3.05) is 11.8 Å². The quantitative estimate of drug-likeness (QED) is 0.211. The zero-order valence-corrected chi connectivity index (χ0v) is 20.8. The Morgan fingerprint density at radius 1 is 1.11 bits per heavy atom. The maximum atomic E-state index is 13.8. The summed E-state index contributed by atoms with van der Waals surface area (Å²) >= 11 is 7.37. The van der Waals surface area contributed by atoms with Crippen LogP contribution in [0.15, 0.2) is 53.8 Å². The molecule has 2 N–H and O–H groups in total. The van der Waals surface area contributed by atoms with Crippen molar-refractivity contribution >= 4 is 29.4 Å². The average Bonchev–Trinajstić information content (AvgIpc) is 2.84. The molecule has 1 aliphatic carbocycles. The summed E-state index contributed by atoms with van der Waals surface area (Å²) in [6, 6.07) is 8.57. The minimum atomic E-state index is -4.42. The van der Waals surface area contributed by atoms with Crippen molar-refractivity contribution in [1.82, 2.24) is 20.3 Å². The van der Waals surface area contributed by atoms with Gasteiger partial charge in [0, 0.05) is 17.9 Å². The predicted octanol–water partition coefficient (Wildman–Crippen LogP) is 7.04. The largest absolute Gasteiger partial charge is 0.416 e. The van der Waals surface area contributed by atoms with Crippen molar-refractivity contribution in [2.45, 2.75) is 55.6 Å². The van der Waals surface area contributed by atoms with Gasteiger partial charge in [-0.3, -0.25) is 0 Å². The number of alkyl halides is 3. The summed E-state index contributed by atoms with van der Waals surface area (Å²) in [4.78, 5) is 12.9. The first-order valence-corrected chi connectivity index (χ1v) is 12.2. The van der Waals surface area contributed by atoms with Gasteiger partial charge >= 0.3 is 6.18 Å². The number of nitrogens with one attached hydrogen (secondary N) is 2. The van der Waals surface area contributed by atoms with Crippen LogP contribution in [-0.4, -0.2) is 28.0 Å². The van der Waals surface area contributed by atoms with E-state index in [-0.39, 0.29) is 17.5 Å². The highest BCUT2D eigenvalue weighted by molar-refractivity contribution is 8.00. The molecule has 0 amide bonds. The van der Waals surface area contributed by atoms with E-state index in [0.29, 0.717) is 11.6 Å². The maximum absolute atomic E-state index is 13.8. The first-order valence-electron chi connectivity index (χ1n) is 11.0. The van der Waals surface area contributed by atoms with Crippen LogP contribution in [0.3, 0.4) is 0 Å². The number of nitrogens with zero attached hydrogens (tertiary/aromatic N) is 3. The zero-order chi connectivity index (χ0) is 25.4. The van der Waals surface area contributed by atoms with Crippen LogP contribution in [0, 0.1) is 12.7 Å². The highest BCUT2D eigenvalue weighted by Gasteiger charge is 2.33. The van der Waals surface area contributed by atoms with Crippen molar-refractivity contribution < 1.29 is 17.6 Å². The summed E-state index contributed by atoms with van der Waals surface area (Å²) in [6.45, 7) is 1.90. The number of halogens is 5. The van der Waals surface area contributed by atoms with Crippen LogP contribution in [0.1, 0.15) is 48.4 Å². The standard InChI is InChI=1S/C14H17F4N.C10H9ClN4S/c1-19-11-4-2-3-9(7-11)12-8-10(14(16,17)18)5-6-13(12)15;1-7-2-3-8(10(11)14-7)16-15-9-4-5-12-6-13-9/h5-6,8-9,11,19H,2-4,7H2,1H3;2-6H,1H3,(H,12,13,15). The number of rotatable bonds is 5. The second kappa shape index (κ2) is 12.5. The Kier molecular flexibility index (Phi) is 9.71. The molecule has 0 spiro atoms. The molecule has 1 aliphatic rings. The minimum Gasteiger partial charge on any atom is -0.317 e. The Bertz CT molecular complexity index is 1100. The van der Waals surface area contributed by atoms with Crippen LogP contribution in [0.5, 0.6) is 0 Å². The molecule has 0 bridgehead atoms. The average molecular weight is 528 g/mol. The fourth-order valence-electron chi connectivity index (χ4n) is 3.81. The Morgan fingerprint density at radius 2 is 1.91 bits per heavy atom. The molecule has 3 aromatic rings. The number of benzene rings is 1. The molecule has 2 unspecified atom stereocenters. The first-order chi connectivity index (χ1) is 16.7. The van der Waals surface area contributed by atoms with Gasteiger partial charge in [0.15, 0.2) is 0 Å². The second-order valence-corrected chi connectivity index (χ2v) is 9.33. The topological polar surface area (TPSA) is 62.7 Å². The SMILES string of the molecule is CNC1CCCC(c2cc(C(F)(F)F)ccc2F)C1.Cc1ccc(SNc2ccncn2)c(Cl)n1. The summed E-state index contributed by atoms with van der Waals surface area (Å²) in [5.41, 5.74) is 0.335. The van der Waals surface area contributed by atoms with Gasteiger partial charge < -0.3 is 10.0 Å². The molecule has 1 aromatic carbocycles. The maximum Gasteiger partial charge on any atom is 0.416 e. The Hall–Kier alpha value is -2.43. The number of anilines is 1. The highest BCUT2D eigenvalue weighted by Crippen LogP contribution is 2.37. The van der Waals surface area contributed by atoms with Crippen molar-refractivity contribution in [1.29, 1.82) is 0 Å². The van der Waals surface area contributed by atoms with Gasteiger partial charge in [0.25, 0.3) is 0 Å². The molecule has 11 heteroatoms. The number of pyridine rings is 1. The number of aryl methyl sites for hydroxylation is 1. The van der Waals surface area contributed by atoms with E-state index in [1.165, 1.54) is 18.3 Å². The van der Waals surface area contributed by atoms with E-state index in [1.54, 1.807) is 12.3 Å². The molecular formula is C24H26ClF4N5S. The lowest BCUT2D eigenvalue weighted by Crippen LogP contribution is -2.30. The van der Waals surface area contributed by atoms with Crippen molar-refractivity contribution in [3.05, 3.63) is 76.7 Å². The van der Waals surface area contributed by atoms with Gasteiger partial charge in [-0.2, -0.15) is 13.2 Å². The first kappa shape index (κ1) is 27.2. The molecular weight excluding hydrogens is 502 g/mol. The van der Waals surface area contributed by atoms with Crippen LogP contribution < -0.4 is 10.0 Å². The fourth-order valence-corrected chi connectivity index (χ4v) is 4.73. The van der Waals surface area contributed by atoms with Gasteiger partial charge in [-0.25, -0.2) is 19.3 Å². The summed E-state index contributed by atoms with van der Waals surface area (Å²) in [6.07, 6.45) is 2.08. The van der Waals surface area contributed by atoms with Gasteiger partial charge in [-0.15, -0.1) is 0 Å². The molecule has 0 saturated heterocycles. The fraction of sp³-hybridized carbons (Fsp3) is 0.375. The van der Waals surface area contributed by atoms with E-state index in [4.69, 9.17) is 11.6 Å². The van der Waals surface area contributed by atoms with E-state index in [1.807, 2.05) is 26.1 Å². The Morgan fingerprint density at radius 3 is 2.57 bits per heavy atom. The molecule has 1 fully saturated rings. The molecule has 0 radical (unpaired) electrons. The number of hydrogen-bond donors (Lipinski definition) is 2. The molecule has 1 saturated carbocycles. The van der Waals surface area contributed by atoms with Crippen molar-refractivity contribution in [3.63, 3.8) is 0 Å². The van der Waals surface area contributed by atoms with Crippen LogP contribution in [-0.2, 0) is 6.18 Å². The Balaban J connectivity index is 0.000000198. The predicted molar refractivity (Wildman–Crippen MR) is 131 cm³/mol. The van der Waals surface area contributed by atoms with Crippen molar-refractivity contribution in [2.24, 2.45) is 0 Å². The van der Waals surface area contributed by atoms with Gasteiger partial charge in [0.05, 0.1) is 10.5 Å². The lowest BCUT2D eigenvalue weighted by atomic mass is 9.81. The summed E-state index contributed by atoms with van der Waals surface area (Å²) in [7, 11) is 1.83. The third kappa shape index (κ3) is 8.05. The number of hydrogen-bond acceptors (Lipinski definition) is 6. The monoisotopic (exact) mass is 527 g/mol. The molecule has 5 nitrogen and oxygen atoms in total. The number of aromatic nitrogens is 3. The molecule has 4 rings (SSSR count). The van der Waals surface area contributed by atoms with Crippen LogP contribution in [0.25, 0.3) is 0 Å². The molecule has 2 aromatic heterocycles. The van der Waals surface area contributed by atoms with E-state index in [9.17, 15) is 17.6 Å². The minimum absolute atomic E-state index is 0.131. The molecule has 2 heterocycles. The van der Waals surface area contributed by atoms with E-state index >= 15 is 0 Å². The van der Waals surface area contributed by atoms with E-state index in [2.05, 4.69) is 25.0 Å². The molecule has 35 heavy (non-hydrogen) atoms. The summed E-state index contributed by atoms with van der Waals surface area (Å²) < 4.78 is 54.9. The second-order valence-electron chi connectivity index (χ2n) is 8.12. The third-order valence-corrected chi connectivity index (χ3v) is 6.91. The van der Waals surface area contributed by atoms with Gasteiger partial charge in [-0.05, 0) is 93.1 Å².